The first-order valence-corrected chi connectivity index (χ1v) is 9.26. The maximum atomic E-state index is 12.3. The summed E-state index contributed by atoms with van der Waals surface area (Å²) in [5.41, 5.74) is 1.54. The van der Waals surface area contributed by atoms with E-state index in [4.69, 9.17) is 14.2 Å². The van der Waals surface area contributed by atoms with E-state index in [2.05, 4.69) is 10.6 Å². The van der Waals surface area contributed by atoms with Gasteiger partial charge in [-0.15, -0.1) is 0 Å². The molecule has 2 aromatic carbocycles. The minimum absolute atomic E-state index is 0.117. The van der Waals surface area contributed by atoms with Crippen LogP contribution in [0.1, 0.15) is 24.8 Å². The highest BCUT2D eigenvalue weighted by Gasteiger charge is 2.16. The fraction of sp³-hybridized carbons (Fsp3) is 0.381. The van der Waals surface area contributed by atoms with Crippen molar-refractivity contribution < 1.29 is 19.0 Å². The quantitative estimate of drug-likeness (QED) is 0.774. The zero-order chi connectivity index (χ0) is 18.9. The molecular weight excluding hydrogens is 344 g/mol. The van der Waals surface area contributed by atoms with E-state index >= 15 is 0 Å². The van der Waals surface area contributed by atoms with E-state index < -0.39 is 0 Å². The predicted octanol–water partition coefficient (Wildman–Crippen LogP) is 3.96. The van der Waals surface area contributed by atoms with Gasteiger partial charge >= 0.3 is 6.03 Å². The SMILES string of the molecule is COc1ccccc1CNC(=O)Nc1ccccc1OCC1CCCCO1. The van der Waals surface area contributed by atoms with E-state index in [9.17, 15) is 4.79 Å². The molecule has 1 saturated heterocycles. The Morgan fingerprint density at radius 1 is 1.11 bits per heavy atom. The van der Waals surface area contributed by atoms with E-state index in [-0.39, 0.29) is 12.1 Å². The number of rotatable bonds is 7. The highest BCUT2D eigenvalue weighted by molar-refractivity contribution is 5.90. The van der Waals surface area contributed by atoms with E-state index in [1.807, 2.05) is 48.5 Å². The third kappa shape index (κ3) is 5.62. The molecule has 1 aliphatic heterocycles. The summed E-state index contributed by atoms with van der Waals surface area (Å²) in [6.45, 7) is 1.65. The van der Waals surface area contributed by atoms with Crippen LogP contribution in [-0.2, 0) is 11.3 Å². The van der Waals surface area contributed by atoms with Crippen LogP contribution in [0.2, 0.25) is 0 Å². The van der Waals surface area contributed by atoms with Gasteiger partial charge in [0.05, 0.1) is 18.9 Å². The average Bonchev–Trinajstić information content (AvgIpc) is 2.72. The minimum Gasteiger partial charge on any atom is -0.496 e. The number of carbonyl (C=O) groups excluding carboxylic acids is 1. The van der Waals surface area contributed by atoms with Gasteiger partial charge in [0.15, 0.2) is 0 Å². The first-order valence-electron chi connectivity index (χ1n) is 9.26. The number of amides is 2. The Hall–Kier alpha value is -2.73. The number of methoxy groups -OCH3 is 1. The van der Waals surface area contributed by atoms with Gasteiger partial charge in [-0.2, -0.15) is 0 Å². The lowest BCUT2D eigenvalue weighted by Crippen LogP contribution is -2.29. The lowest BCUT2D eigenvalue weighted by molar-refractivity contribution is -0.0109. The maximum Gasteiger partial charge on any atom is 0.319 e. The molecule has 0 aromatic heterocycles. The molecule has 144 valence electrons. The van der Waals surface area contributed by atoms with Gasteiger partial charge in [-0.25, -0.2) is 4.79 Å². The zero-order valence-corrected chi connectivity index (χ0v) is 15.6. The van der Waals surface area contributed by atoms with Gasteiger partial charge in [0.2, 0.25) is 0 Å². The Labute approximate surface area is 159 Å². The van der Waals surface area contributed by atoms with Crippen LogP contribution in [0.25, 0.3) is 0 Å². The monoisotopic (exact) mass is 370 g/mol. The second kappa shape index (κ2) is 9.83. The van der Waals surface area contributed by atoms with Crippen LogP contribution in [-0.4, -0.2) is 32.5 Å². The fourth-order valence-corrected chi connectivity index (χ4v) is 3.01. The molecule has 27 heavy (non-hydrogen) atoms. The number of hydrogen-bond donors (Lipinski definition) is 2. The van der Waals surface area contributed by atoms with Crippen LogP contribution in [0.5, 0.6) is 11.5 Å². The lowest BCUT2D eigenvalue weighted by Gasteiger charge is -2.23. The molecule has 0 spiro atoms. The topological polar surface area (TPSA) is 68.8 Å². The van der Waals surface area contributed by atoms with Gasteiger partial charge in [-0.05, 0) is 37.5 Å². The molecular formula is C21H26N2O4. The summed E-state index contributed by atoms with van der Waals surface area (Å²) < 4.78 is 16.9. The van der Waals surface area contributed by atoms with Crippen molar-refractivity contribution in [2.75, 3.05) is 25.6 Å². The second-order valence-corrected chi connectivity index (χ2v) is 6.42. The van der Waals surface area contributed by atoms with Crippen LogP contribution in [0.15, 0.2) is 48.5 Å². The summed E-state index contributed by atoms with van der Waals surface area (Å²) in [5.74, 6) is 1.38. The van der Waals surface area contributed by atoms with Crippen LogP contribution in [0, 0.1) is 0 Å². The van der Waals surface area contributed by atoms with Gasteiger partial charge in [0.25, 0.3) is 0 Å². The van der Waals surface area contributed by atoms with Crippen molar-refractivity contribution >= 4 is 11.7 Å². The molecule has 0 bridgehead atoms. The molecule has 2 aromatic rings. The average molecular weight is 370 g/mol. The van der Waals surface area contributed by atoms with Crippen LogP contribution < -0.4 is 20.1 Å². The van der Waals surface area contributed by atoms with Crippen LogP contribution in [0.4, 0.5) is 10.5 Å². The van der Waals surface area contributed by atoms with Crippen molar-refractivity contribution in [2.45, 2.75) is 31.9 Å². The van der Waals surface area contributed by atoms with Crippen molar-refractivity contribution in [1.29, 1.82) is 0 Å². The number of ether oxygens (including phenoxy) is 3. The van der Waals surface area contributed by atoms with E-state index in [1.54, 1.807) is 7.11 Å². The summed E-state index contributed by atoms with van der Waals surface area (Å²) >= 11 is 0. The van der Waals surface area contributed by atoms with Crippen molar-refractivity contribution in [3.8, 4) is 11.5 Å². The summed E-state index contributed by atoms with van der Waals surface area (Å²) in [6, 6.07) is 14.7. The molecule has 1 fully saturated rings. The molecule has 0 radical (unpaired) electrons. The Kier molecular flexibility index (Phi) is 6.93. The van der Waals surface area contributed by atoms with Crippen LogP contribution in [0.3, 0.4) is 0 Å². The van der Waals surface area contributed by atoms with Crippen molar-refractivity contribution in [2.24, 2.45) is 0 Å². The van der Waals surface area contributed by atoms with Gasteiger partial charge in [-0.3, -0.25) is 0 Å². The molecule has 2 amide bonds. The number of benzene rings is 2. The van der Waals surface area contributed by atoms with Crippen molar-refractivity contribution in [3.63, 3.8) is 0 Å². The maximum absolute atomic E-state index is 12.3. The molecule has 3 rings (SSSR count). The van der Waals surface area contributed by atoms with Gasteiger partial charge in [0, 0.05) is 18.7 Å². The second-order valence-electron chi connectivity index (χ2n) is 6.42. The van der Waals surface area contributed by atoms with E-state index in [0.29, 0.717) is 24.6 Å². The summed E-state index contributed by atoms with van der Waals surface area (Å²) in [6.07, 6.45) is 3.40. The predicted molar refractivity (Wildman–Crippen MR) is 104 cm³/mol. The fourth-order valence-electron chi connectivity index (χ4n) is 3.01. The van der Waals surface area contributed by atoms with Gasteiger partial charge in [0.1, 0.15) is 18.1 Å². The van der Waals surface area contributed by atoms with Gasteiger partial charge in [-0.1, -0.05) is 30.3 Å². The molecule has 1 heterocycles. The number of hydrogen-bond acceptors (Lipinski definition) is 4. The Balaban J connectivity index is 1.54. The molecule has 6 nitrogen and oxygen atoms in total. The van der Waals surface area contributed by atoms with Crippen LogP contribution >= 0.6 is 0 Å². The molecule has 2 N–H and O–H groups in total. The third-order valence-electron chi connectivity index (χ3n) is 4.47. The third-order valence-corrected chi connectivity index (χ3v) is 4.47. The molecule has 0 saturated carbocycles. The summed E-state index contributed by atoms with van der Waals surface area (Å²) in [4.78, 5) is 12.3. The Morgan fingerprint density at radius 3 is 2.67 bits per heavy atom. The standard InChI is InChI=1S/C21H26N2O4/c1-25-19-11-4-2-8-16(19)14-22-21(24)23-18-10-3-5-12-20(18)27-15-17-9-6-7-13-26-17/h2-5,8,10-12,17H,6-7,9,13-15H2,1H3,(H2,22,23,24). The number of carbonyl (C=O) groups is 1. The smallest absolute Gasteiger partial charge is 0.319 e. The highest BCUT2D eigenvalue weighted by atomic mass is 16.5. The molecule has 1 atom stereocenters. The first-order chi connectivity index (χ1) is 13.3. The van der Waals surface area contributed by atoms with E-state index in [1.165, 1.54) is 6.42 Å². The Bertz CT molecular complexity index is 744. The van der Waals surface area contributed by atoms with Crippen molar-refractivity contribution in [1.82, 2.24) is 5.32 Å². The zero-order valence-electron chi connectivity index (χ0n) is 15.6. The molecule has 1 aliphatic rings. The molecule has 6 heteroatoms. The van der Waals surface area contributed by atoms with E-state index in [0.717, 1.165) is 30.8 Å². The molecule has 0 aliphatic carbocycles. The largest absolute Gasteiger partial charge is 0.496 e. The number of anilines is 1. The minimum atomic E-state index is -0.300. The number of nitrogens with one attached hydrogen (secondary N) is 2. The highest BCUT2D eigenvalue weighted by Crippen LogP contribution is 2.25. The molecule has 1 unspecified atom stereocenters. The van der Waals surface area contributed by atoms with Crippen molar-refractivity contribution in [3.05, 3.63) is 54.1 Å². The summed E-state index contributed by atoms with van der Waals surface area (Å²) in [5, 5.41) is 5.69. The normalized spacial score (nSPS) is 16.4. The summed E-state index contributed by atoms with van der Waals surface area (Å²) in [7, 11) is 1.61. The first kappa shape index (κ1) is 19.0. The lowest BCUT2D eigenvalue weighted by atomic mass is 10.1. The Morgan fingerprint density at radius 2 is 1.89 bits per heavy atom. The number of urea groups is 1. The van der Waals surface area contributed by atoms with Gasteiger partial charge < -0.3 is 24.8 Å². The number of para-hydroxylation sites is 3.